The Morgan fingerprint density at radius 3 is 2.53 bits per heavy atom. The summed E-state index contributed by atoms with van der Waals surface area (Å²) in [5.74, 6) is -0.841. The molecule has 3 rings (SSSR count). The largest absolute Gasteiger partial charge is 0.342 e. The van der Waals surface area contributed by atoms with Gasteiger partial charge in [-0.3, -0.25) is 14.9 Å². The zero-order valence-electron chi connectivity index (χ0n) is 16.3. The van der Waals surface area contributed by atoms with Crippen molar-refractivity contribution in [3.05, 3.63) is 76.8 Å². The van der Waals surface area contributed by atoms with Crippen molar-refractivity contribution in [1.29, 1.82) is 0 Å². The van der Waals surface area contributed by atoms with Crippen LogP contribution in [-0.2, 0) is 11.3 Å². The van der Waals surface area contributed by atoms with Gasteiger partial charge in [0.1, 0.15) is 5.69 Å². The SMILES string of the molecule is Cc1cccc(NC(=O)CNC(=O)c2csc(NC(=O)NCc3ccccc3)n2)c1. The predicted molar refractivity (Wildman–Crippen MR) is 117 cm³/mol. The van der Waals surface area contributed by atoms with Crippen molar-refractivity contribution in [3.63, 3.8) is 0 Å². The lowest BCUT2D eigenvalue weighted by molar-refractivity contribution is -0.115. The fourth-order valence-corrected chi connectivity index (χ4v) is 3.22. The molecule has 4 N–H and O–H groups in total. The monoisotopic (exact) mass is 423 g/mol. The van der Waals surface area contributed by atoms with Crippen molar-refractivity contribution >= 4 is 40.0 Å². The quantitative estimate of drug-likeness (QED) is 0.468. The fourth-order valence-electron chi connectivity index (χ4n) is 2.53. The van der Waals surface area contributed by atoms with E-state index in [9.17, 15) is 14.4 Å². The van der Waals surface area contributed by atoms with Gasteiger partial charge in [0.05, 0.1) is 6.54 Å². The second kappa shape index (κ2) is 10.2. The van der Waals surface area contributed by atoms with Crippen LogP contribution in [-0.4, -0.2) is 29.4 Å². The summed E-state index contributed by atoms with van der Waals surface area (Å²) in [7, 11) is 0. The van der Waals surface area contributed by atoms with E-state index < -0.39 is 11.9 Å². The molecule has 1 heterocycles. The number of nitrogens with one attached hydrogen (secondary N) is 4. The minimum atomic E-state index is -0.497. The Bertz CT molecular complexity index is 1040. The van der Waals surface area contributed by atoms with E-state index in [1.807, 2.05) is 55.5 Å². The van der Waals surface area contributed by atoms with Crippen LogP contribution in [0.15, 0.2) is 60.0 Å². The third-order valence-electron chi connectivity index (χ3n) is 3.96. The first-order valence-corrected chi connectivity index (χ1v) is 10.1. The smallest absolute Gasteiger partial charge is 0.321 e. The van der Waals surface area contributed by atoms with Gasteiger partial charge in [-0.25, -0.2) is 9.78 Å². The van der Waals surface area contributed by atoms with E-state index in [-0.39, 0.29) is 23.3 Å². The van der Waals surface area contributed by atoms with Gasteiger partial charge in [0, 0.05) is 17.6 Å². The highest BCUT2D eigenvalue weighted by atomic mass is 32.1. The standard InChI is InChI=1S/C21H21N5O3S/c1-14-6-5-9-16(10-14)24-18(27)12-22-19(28)17-13-30-21(25-17)26-20(29)23-11-15-7-3-2-4-8-15/h2-10,13H,11-12H2,1H3,(H,22,28)(H,24,27)(H2,23,25,26,29). The van der Waals surface area contributed by atoms with E-state index in [0.717, 1.165) is 22.5 Å². The third kappa shape index (κ3) is 6.42. The van der Waals surface area contributed by atoms with Crippen LogP contribution in [0.2, 0.25) is 0 Å². The Morgan fingerprint density at radius 1 is 0.967 bits per heavy atom. The number of hydrogen-bond donors (Lipinski definition) is 4. The number of aromatic nitrogens is 1. The van der Waals surface area contributed by atoms with E-state index in [0.29, 0.717) is 12.2 Å². The maximum Gasteiger partial charge on any atom is 0.321 e. The maximum absolute atomic E-state index is 12.2. The minimum absolute atomic E-state index is 0.127. The van der Waals surface area contributed by atoms with Crippen LogP contribution < -0.4 is 21.3 Å². The molecule has 154 valence electrons. The van der Waals surface area contributed by atoms with Crippen molar-refractivity contribution in [2.75, 3.05) is 17.2 Å². The number of thiazole rings is 1. The van der Waals surface area contributed by atoms with Gasteiger partial charge in [0.25, 0.3) is 5.91 Å². The molecule has 30 heavy (non-hydrogen) atoms. The van der Waals surface area contributed by atoms with Crippen LogP contribution in [0.1, 0.15) is 21.6 Å². The first-order chi connectivity index (χ1) is 14.5. The second-order valence-corrected chi connectivity index (χ2v) is 7.29. The molecule has 0 unspecified atom stereocenters. The lowest BCUT2D eigenvalue weighted by atomic mass is 10.2. The molecule has 9 heteroatoms. The number of hydrogen-bond acceptors (Lipinski definition) is 5. The zero-order valence-corrected chi connectivity index (χ0v) is 17.1. The highest BCUT2D eigenvalue weighted by Crippen LogP contribution is 2.15. The molecule has 8 nitrogen and oxygen atoms in total. The van der Waals surface area contributed by atoms with E-state index in [4.69, 9.17) is 0 Å². The number of amides is 4. The van der Waals surface area contributed by atoms with Crippen LogP contribution >= 0.6 is 11.3 Å². The number of benzene rings is 2. The second-order valence-electron chi connectivity index (χ2n) is 6.43. The van der Waals surface area contributed by atoms with Crippen LogP contribution in [0.5, 0.6) is 0 Å². The summed E-state index contributed by atoms with van der Waals surface area (Å²) >= 11 is 1.12. The van der Waals surface area contributed by atoms with Crippen molar-refractivity contribution < 1.29 is 14.4 Å². The summed E-state index contributed by atoms with van der Waals surface area (Å²) in [5, 5.41) is 12.3. The van der Waals surface area contributed by atoms with E-state index in [1.54, 1.807) is 6.07 Å². The first kappa shape index (κ1) is 21.0. The van der Waals surface area contributed by atoms with Gasteiger partial charge in [0.15, 0.2) is 5.13 Å². The summed E-state index contributed by atoms with van der Waals surface area (Å²) in [6.45, 7) is 2.11. The van der Waals surface area contributed by atoms with Crippen molar-refractivity contribution in [3.8, 4) is 0 Å². The lowest BCUT2D eigenvalue weighted by Crippen LogP contribution is -2.33. The Labute approximate surface area is 177 Å². The highest BCUT2D eigenvalue weighted by molar-refractivity contribution is 7.14. The molecule has 0 bridgehead atoms. The van der Waals surface area contributed by atoms with E-state index in [1.165, 1.54) is 5.38 Å². The average Bonchev–Trinajstić information content (AvgIpc) is 3.20. The molecule has 3 aromatic rings. The summed E-state index contributed by atoms with van der Waals surface area (Å²) in [5.41, 5.74) is 2.78. The van der Waals surface area contributed by atoms with Gasteiger partial charge >= 0.3 is 6.03 Å². The third-order valence-corrected chi connectivity index (χ3v) is 4.72. The molecular weight excluding hydrogens is 402 g/mol. The Hall–Kier alpha value is -3.72. The van der Waals surface area contributed by atoms with Crippen LogP contribution in [0, 0.1) is 6.92 Å². The molecule has 1 aromatic heterocycles. The number of rotatable bonds is 7. The minimum Gasteiger partial charge on any atom is -0.342 e. The molecule has 0 fully saturated rings. The molecular formula is C21H21N5O3S. The molecule has 0 aliphatic rings. The zero-order chi connectivity index (χ0) is 21.3. The summed E-state index contributed by atoms with van der Waals surface area (Å²) < 4.78 is 0. The van der Waals surface area contributed by atoms with Crippen LogP contribution in [0.25, 0.3) is 0 Å². The Balaban J connectivity index is 1.43. The van der Waals surface area contributed by atoms with E-state index >= 15 is 0 Å². The molecule has 0 saturated heterocycles. The normalized spacial score (nSPS) is 10.2. The van der Waals surface area contributed by atoms with Gasteiger partial charge in [0.2, 0.25) is 5.91 Å². The van der Waals surface area contributed by atoms with Crippen molar-refractivity contribution in [2.24, 2.45) is 0 Å². The predicted octanol–water partition coefficient (Wildman–Crippen LogP) is 3.14. The number of anilines is 2. The van der Waals surface area contributed by atoms with Crippen LogP contribution in [0.4, 0.5) is 15.6 Å². The molecule has 0 aliphatic heterocycles. The number of urea groups is 1. The first-order valence-electron chi connectivity index (χ1n) is 9.18. The van der Waals surface area contributed by atoms with Gasteiger partial charge < -0.3 is 16.0 Å². The number of carbonyl (C=O) groups is 3. The maximum atomic E-state index is 12.2. The van der Waals surface area contributed by atoms with E-state index in [2.05, 4.69) is 26.3 Å². The van der Waals surface area contributed by atoms with Crippen molar-refractivity contribution in [1.82, 2.24) is 15.6 Å². The summed E-state index contributed by atoms with van der Waals surface area (Å²) in [6, 6.07) is 16.4. The average molecular weight is 423 g/mol. The number of nitrogens with zero attached hydrogens (tertiary/aromatic N) is 1. The molecule has 0 radical (unpaired) electrons. The number of aryl methyl sites for hydroxylation is 1. The van der Waals surface area contributed by atoms with Crippen molar-refractivity contribution in [2.45, 2.75) is 13.5 Å². The van der Waals surface area contributed by atoms with Gasteiger partial charge in [-0.1, -0.05) is 42.5 Å². The topological polar surface area (TPSA) is 112 Å². The van der Waals surface area contributed by atoms with Gasteiger partial charge in [-0.05, 0) is 30.2 Å². The molecule has 4 amide bonds. The fraction of sp³-hybridized carbons (Fsp3) is 0.143. The Kier molecular flexibility index (Phi) is 7.12. The van der Waals surface area contributed by atoms with Gasteiger partial charge in [-0.15, -0.1) is 11.3 Å². The molecule has 0 atom stereocenters. The number of carbonyl (C=O) groups excluding carboxylic acids is 3. The highest BCUT2D eigenvalue weighted by Gasteiger charge is 2.13. The molecule has 2 aromatic carbocycles. The Morgan fingerprint density at radius 2 is 1.77 bits per heavy atom. The lowest BCUT2D eigenvalue weighted by Gasteiger charge is -2.07. The summed E-state index contributed by atoms with van der Waals surface area (Å²) in [6.07, 6.45) is 0. The summed E-state index contributed by atoms with van der Waals surface area (Å²) in [4.78, 5) is 40.2. The van der Waals surface area contributed by atoms with Gasteiger partial charge in [-0.2, -0.15) is 0 Å². The molecule has 0 spiro atoms. The molecule has 0 aliphatic carbocycles. The molecule has 0 saturated carbocycles. The van der Waals surface area contributed by atoms with Crippen LogP contribution in [0.3, 0.4) is 0 Å².